The van der Waals surface area contributed by atoms with Gasteiger partial charge in [-0.3, -0.25) is 33.7 Å². The fourth-order valence-electron chi connectivity index (χ4n) is 3.74. The summed E-state index contributed by atoms with van der Waals surface area (Å²) in [5.74, 6) is -2.02. The molecular formula is C26H36N4O7. The average Bonchev–Trinajstić information content (AvgIpc) is 3.17. The summed E-state index contributed by atoms with van der Waals surface area (Å²) in [5.41, 5.74) is 1.30. The normalized spacial score (nSPS) is 13.9. The minimum Gasteiger partial charge on any atom is -0.461 e. The minimum absolute atomic E-state index is 0.141. The van der Waals surface area contributed by atoms with Gasteiger partial charge in [-0.15, -0.1) is 0 Å². The highest BCUT2D eigenvalue weighted by Crippen LogP contribution is 2.14. The molecule has 3 N–H and O–H groups in total. The van der Waals surface area contributed by atoms with Gasteiger partial charge in [0.2, 0.25) is 29.5 Å². The van der Waals surface area contributed by atoms with Crippen molar-refractivity contribution in [2.75, 3.05) is 18.4 Å². The van der Waals surface area contributed by atoms with Gasteiger partial charge in [0.25, 0.3) is 0 Å². The predicted octanol–water partition coefficient (Wildman–Crippen LogP) is 1.65. The van der Waals surface area contributed by atoms with E-state index in [9.17, 15) is 28.8 Å². The number of hydrogen-bond donors (Lipinski definition) is 3. The molecule has 11 heteroatoms. The van der Waals surface area contributed by atoms with Gasteiger partial charge >= 0.3 is 5.97 Å². The van der Waals surface area contributed by atoms with Gasteiger partial charge in [-0.05, 0) is 36.5 Å². The minimum atomic E-state index is -0.791. The van der Waals surface area contributed by atoms with E-state index in [2.05, 4.69) is 16.0 Å². The summed E-state index contributed by atoms with van der Waals surface area (Å²) >= 11 is 0. The van der Waals surface area contributed by atoms with Crippen LogP contribution in [0.3, 0.4) is 0 Å². The Balaban J connectivity index is 1.69. The Labute approximate surface area is 216 Å². The molecule has 0 aliphatic carbocycles. The van der Waals surface area contributed by atoms with E-state index in [1.807, 2.05) is 0 Å². The number of hydrogen-bond acceptors (Lipinski definition) is 7. The predicted molar refractivity (Wildman–Crippen MR) is 135 cm³/mol. The van der Waals surface area contributed by atoms with Crippen LogP contribution in [0.1, 0.15) is 64.9 Å². The molecular weight excluding hydrogens is 480 g/mol. The van der Waals surface area contributed by atoms with Crippen LogP contribution in [-0.4, -0.2) is 59.5 Å². The lowest BCUT2D eigenvalue weighted by molar-refractivity contribution is -0.142. The first-order valence-electron chi connectivity index (χ1n) is 12.5. The Bertz CT molecular complexity index is 975. The van der Waals surface area contributed by atoms with E-state index >= 15 is 0 Å². The molecule has 1 aliphatic rings. The Hall–Kier alpha value is -3.76. The van der Waals surface area contributed by atoms with Gasteiger partial charge in [0.15, 0.2) is 0 Å². The number of nitrogens with zero attached hydrogens (tertiary/aromatic N) is 1. The molecule has 37 heavy (non-hydrogen) atoms. The number of amides is 5. The number of ether oxygens (including phenoxy) is 1. The number of likely N-dealkylation sites (tertiary alicyclic amines) is 1. The summed E-state index contributed by atoms with van der Waals surface area (Å²) in [4.78, 5) is 72.6. The van der Waals surface area contributed by atoms with Crippen LogP contribution in [0.5, 0.6) is 0 Å². The molecule has 0 aromatic heterocycles. The number of carbonyl (C=O) groups excluding carboxylic acids is 6. The molecule has 1 unspecified atom stereocenters. The van der Waals surface area contributed by atoms with Crippen LogP contribution in [0.15, 0.2) is 24.3 Å². The lowest BCUT2D eigenvalue weighted by Crippen LogP contribution is -2.51. The zero-order valence-electron chi connectivity index (χ0n) is 21.6. The fourth-order valence-corrected chi connectivity index (χ4v) is 3.74. The molecule has 1 fully saturated rings. The molecule has 202 valence electrons. The van der Waals surface area contributed by atoms with Crippen molar-refractivity contribution in [2.45, 2.75) is 71.9 Å². The first kappa shape index (κ1) is 29.5. The van der Waals surface area contributed by atoms with E-state index in [4.69, 9.17) is 4.74 Å². The van der Waals surface area contributed by atoms with Crippen LogP contribution in [0.4, 0.5) is 5.69 Å². The summed E-state index contributed by atoms with van der Waals surface area (Å²) in [5, 5.41) is 7.95. The average molecular weight is 517 g/mol. The van der Waals surface area contributed by atoms with Crippen molar-refractivity contribution in [1.82, 2.24) is 15.5 Å². The van der Waals surface area contributed by atoms with E-state index in [-0.39, 0.29) is 62.0 Å². The third kappa shape index (κ3) is 10.4. The molecule has 5 amide bonds. The second-order valence-electron chi connectivity index (χ2n) is 9.28. The number of nitrogens with one attached hydrogen (secondary N) is 3. The number of benzene rings is 1. The first-order chi connectivity index (χ1) is 17.6. The summed E-state index contributed by atoms with van der Waals surface area (Å²) < 4.78 is 4.91. The van der Waals surface area contributed by atoms with Crippen molar-refractivity contribution in [3.05, 3.63) is 29.8 Å². The highest BCUT2D eigenvalue weighted by molar-refractivity contribution is 6.01. The Morgan fingerprint density at radius 3 is 2.19 bits per heavy atom. The Morgan fingerprint density at radius 1 is 0.946 bits per heavy atom. The van der Waals surface area contributed by atoms with Gasteiger partial charge in [-0.1, -0.05) is 32.4 Å². The second-order valence-corrected chi connectivity index (χ2v) is 9.28. The molecule has 0 radical (unpaired) electrons. The maximum atomic E-state index is 12.6. The van der Waals surface area contributed by atoms with Crippen molar-refractivity contribution in [3.63, 3.8) is 0 Å². The number of imide groups is 1. The maximum Gasteiger partial charge on any atom is 0.302 e. The summed E-state index contributed by atoms with van der Waals surface area (Å²) in [7, 11) is 0. The van der Waals surface area contributed by atoms with Crippen LogP contribution in [0.2, 0.25) is 0 Å². The standard InChI is InChI=1S/C26H36N4O7/c1-17(2)25(29-21(32)7-5-4-6-14-30-23(34)12-13-24(30)35)26(36)27-15-22(33)28-20-10-8-19(9-11-20)16-37-18(3)31/h8-11,17,25H,4-7,12-16H2,1-3H3,(H,27,36)(H,28,33)(H,29,32). The molecule has 1 heterocycles. The maximum absolute atomic E-state index is 12.6. The summed E-state index contributed by atoms with van der Waals surface area (Å²) in [6, 6.07) is 5.97. The second kappa shape index (κ2) is 14.7. The zero-order chi connectivity index (χ0) is 27.4. The van der Waals surface area contributed by atoms with Crippen molar-refractivity contribution in [2.24, 2.45) is 5.92 Å². The molecule has 0 spiro atoms. The van der Waals surface area contributed by atoms with Crippen LogP contribution >= 0.6 is 0 Å². The van der Waals surface area contributed by atoms with Crippen LogP contribution in [0, 0.1) is 5.92 Å². The third-order valence-corrected chi connectivity index (χ3v) is 5.81. The topological polar surface area (TPSA) is 151 Å². The Kier molecular flexibility index (Phi) is 11.7. The quantitative estimate of drug-likeness (QED) is 0.193. The molecule has 11 nitrogen and oxygen atoms in total. The van der Waals surface area contributed by atoms with Crippen LogP contribution in [-0.2, 0) is 40.1 Å². The number of esters is 1. The molecule has 1 saturated heterocycles. The lowest BCUT2D eigenvalue weighted by Gasteiger charge is -2.21. The summed E-state index contributed by atoms with van der Waals surface area (Å²) in [6.45, 7) is 5.17. The van der Waals surface area contributed by atoms with Crippen molar-refractivity contribution in [1.29, 1.82) is 0 Å². The first-order valence-corrected chi connectivity index (χ1v) is 12.5. The van der Waals surface area contributed by atoms with E-state index in [1.165, 1.54) is 11.8 Å². The fraction of sp³-hybridized carbons (Fsp3) is 0.538. The SMILES string of the molecule is CC(=O)OCc1ccc(NC(=O)CNC(=O)C(NC(=O)CCCCCN2C(=O)CCC2=O)C(C)C)cc1. The molecule has 1 aromatic rings. The van der Waals surface area contributed by atoms with Crippen LogP contribution < -0.4 is 16.0 Å². The molecule has 2 rings (SSSR count). The van der Waals surface area contributed by atoms with Gasteiger partial charge in [-0.25, -0.2) is 0 Å². The highest BCUT2D eigenvalue weighted by Gasteiger charge is 2.28. The molecule has 1 aromatic carbocycles. The molecule has 0 saturated carbocycles. The number of rotatable bonds is 14. The van der Waals surface area contributed by atoms with Gasteiger partial charge < -0.3 is 20.7 Å². The van der Waals surface area contributed by atoms with Crippen molar-refractivity contribution < 1.29 is 33.5 Å². The molecule has 0 bridgehead atoms. The van der Waals surface area contributed by atoms with Crippen molar-refractivity contribution >= 4 is 41.2 Å². The van der Waals surface area contributed by atoms with E-state index in [0.29, 0.717) is 31.5 Å². The third-order valence-electron chi connectivity index (χ3n) is 5.81. The van der Waals surface area contributed by atoms with E-state index < -0.39 is 17.9 Å². The largest absolute Gasteiger partial charge is 0.461 e. The smallest absolute Gasteiger partial charge is 0.302 e. The number of carbonyl (C=O) groups is 6. The van der Waals surface area contributed by atoms with Crippen molar-refractivity contribution in [3.8, 4) is 0 Å². The van der Waals surface area contributed by atoms with Gasteiger partial charge in [0.05, 0.1) is 6.54 Å². The molecule has 1 atom stereocenters. The van der Waals surface area contributed by atoms with Gasteiger partial charge in [0.1, 0.15) is 12.6 Å². The Morgan fingerprint density at radius 2 is 1.59 bits per heavy atom. The number of unbranched alkanes of at least 4 members (excludes halogenated alkanes) is 2. The monoisotopic (exact) mass is 516 g/mol. The summed E-state index contributed by atoms with van der Waals surface area (Å²) in [6.07, 6.45) is 2.63. The van der Waals surface area contributed by atoms with Gasteiger partial charge in [0, 0.05) is 38.4 Å². The van der Waals surface area contributed by atoms with Gasteiger partial charge in [-0.2, -0.15) is 0 Å². The van der Waals surface area contributed by atoms with E-state index in [0.717, 1.165) is 5.56 Å². The number of anilines is 1. The lowest BCUT2D eigenvalue weighted by atomic mass is 10.0. The zero-order valence-corrected chi connectivity index (χ0v) is 21.6. The van der Waals surface area contributed by atoms with Crippen LogP contribution in [0.25, 0.3) is 0 Å². The van der Waals surface area contributed by atoms with E-state index in [1.54, 1.807) is 38.1 Å². The highest BCUT2D eigenvalue weighted by atomic mass is 16.5. The molecule has 1 aliphatic heterocycles.